The Morgan fingerprint density at radius 2 is 1.05 bits per heavy atom. The van der Waals surface area contributed by atoms with Gasteiger partial charge >= 0.3 is 0 Å². The number of aromatic nitrogens is 2. The molecular formula is C54H33N3. The van der Waals surface area contributed by atoms with Crippen molar-refractivity contribution in [3.63, 3.8) is 0 Å². The van der Waals surface area contributed by atoms with Crippen molar-refractivity contribution in [2.24, 2.45) is 0 Å². The molecule has 7 aromatic carbocycles. The molecule has 0 spiro atoms. The minimum Gasteiger partial charge on any atom is -0.306 e. The molecule has 3 aromatic heterocycles. The summed E-state index contributed by atoms with van der Waals surface area (Å²) in [5.74, 6) is 0.0335. The highest BCUT2D eigenvalue weighted by atomic mass is 14.9. The molecule has 0 saturated carbocycles. The summed E-state index contributed by atoms with van der Waals surface area (Å²) in [5, 5.41) is 16.1. The van der Waals surface area contributed by atoms with E-state index in [0.29, 0.717) is 0 Å². The summed E-state index contributed by atoms with van der Waals surface area (Å²) < 4.78 is 2.48. The summed E-state index contributed by atoms with van der Waals surface area (Å²) in [7, 11) is 0. The van der Waals surface area contributed by atoms with Gasteiger partial charge in [-0.2, -0.15) is 5.26 Å². The quantitative estimate of drug-likeness (QED) is 0.169. The Bertz CT molecular complexity index is 3430. The van der Waals surface area contributed by atoms with Crippen LogP contribution in [0.5, 0.6) is 0 Å². The number of nitrogens with zero attached hydrogens (tertiary/aromatic N) is 3. The predicted octanol–water partition coefficient (Wildman–Crippen LogP) is 12.1. The highest BCUT2D eigenvalue weighted by molar-refractivity contribution is 6.26. The zero-order valence-electron chi connectivity index (χ0n) is 31.4. The molecule has 6 aliphatic rings. The molecule has 6 aliphatic carbocycles. The Labute approximate surface area is 329 Å². The number of hydrogen-bond donors (Lipinski definition) is 0. The van der Waals surface area contributed by atoms with E-state index in [9.17, 15) is 5.26 Å². The van der Waals surface area contributed by atoms with Crippen molar-refractivity contribution < 1.29 is 0 Å². The lowest BCUT2D eigenvalue weighted by Crippen LogP contribution is -2.48. The number of fused-ring (bicyclic) bond motifs is 6. The molecule has 0 radical (unpaired) electrons. The molecule has 3 heteroatoms. The van der Waals surface area contributed by atoms with Crippen LogP contribution in [0, 0.1) is 11.3 Å². The normalized spacial score (nSPS) is 21.6. The van der Waals surface area contributed by atoms with Crippen LogP contribution >= 0.6 is 0 Å². The summed E-state index contributed by atoms with van der Waals surface area (Å²) in [6, 6.07) is 56.7. The van der Waals surface area contributed by atoms with E-state index in [-0.39, 0.29) is 11.8 Å². The second-order valence-electron chi connectivity index (χ2n) is 17.1. The van der Waals surface area contributed by atoms with Gasteiger partial charge in [0, 0.05) is 38.8 Å². The Hall–Kier alpha value is -7.02. The number of nitriles is 1. The molecule has 4 bridgehead atoms. The van der Waals surface area contributed by atoms with Gasteiger partial charge < -0.3 is 4.40 Å². The van der Waals surface area contributed by atoms with Gasteiger partial charge in [-0.1, -0.05) is 127 Å². The van der Waals surface area contributed by atoms with Crippen molar-refractivity contribution in [1.29, 1.82) is 5.26 Å². The zero-order chi connectivity index (χ0) is 37.5. The first-order valence-corrected chi connectivity index (χ1v) is 20.1. The second kappa shape index (κ2) is 9.85. The van der Waals surface area contributed by atoms with Crippen LogP contribution in [0.1, 0.15) is 98.1 Å². The molecule has 3 heterocycles. The van der Waals surface area contributed by atoms with Crippen LogP contribution in [0.4, 0.5) is 0 Å². The van der Waals surface area contributed by atoms with Gasteiger partial charge in [0.25, 0.3) is 0 Å². The minimum atomic E-state index is -0.420. The molecule has 57 heavy (non-hydrogen) atoms. The Balaban J connectivity index is 1.20. The third-order valence-corrected chi connectivity index (χ3v) is 14.8. The van der Waals surface area contributed by atoms with Crippen molar-refractivity contribution >= 4 is 38.1 Å². The third-order valence-electron chi connectivity index (χ3n) is 14.8. The largest absolute Gasteiger partial charge is 0.306 e. The Morgan fingerprint density at radius 1 is 0.544 bits per heavy atom. The number of benzene rings is 7. The van der Waals surface area contributed by atoms with E-state index < -0.39 is 10.8 Å². The summed E-state index contributed by atoms with van der Waals surface area (Å²) in [6.07, 6.45) is 2.15. The maximum atomic E-state index is 11.1. The molecule has 3 nitrogen and oxygen atoms in total. The van der Waals surface area contributed by atoms with E-state index in [1.54, 1.807) is 0 Å². The fraction of sp³-hybridized carbons (Fsp3) is 0.111. The highest BCUT2D eigenvalue weighted by Gasteiger charge is 2.56. The zero-order valence-corrected chi connectivity index (χ0v) is 31.4. The lowest BCUT2D eigenvalue weighted by molar-refractivity contribution is 0.501. The number of pyridine rings is 1. The summed E-state index contributed by atoms with van der Waals surface area (Å²) in [5.41, 5.74) is 21.4. The van der Waals surface area contributed by atoms with Gasteiger partial charge in [-0.3, -0.25) is 4.98 Å². The predicted molar refractivity (Wildman–Crippen MR) is 228 cm³/mol. The van der Waals surface area contributed by atoms with Crippen LogP contribution in [0.15, 0.2) is 152 Å². The van der Waals surface area contributed by atoms with Crippen molar-refractivity contribution in [3.05, 3.63) is 224 Å². The van der Waals surface area contributed by atoms with Crippen LogP contribution in [-0.4, -0.2) is 9.38 Å². The van der Waals surface area contributed by atoms with Crippen LogP contribution in [-0.2, 0) is 10.8 Å². The maximum absolute atomic E-state index is 11.1. The molecule has 0 aliphatic heterocycles. The van der Waals surface area contributed by atoms with Crippen molar-refractivity contribution in [2.75, 3.05) is 0 Å². The summed E-state index contributed by atoms with van der Waals surface area (Å²) in [4.78, 5) is 5.57. The van der Waals surface area contributed by atoms with Crippen molar-refractivity contribution in [1.82, 2.24) is 9.38 Å². The van der Waals surface area contributed by atoms with E-state index in [1.165, 1.54) is 99.4 Å². The van der Waals surface area contributed by atoms with Crippen LogP contribution in [0.2, 0.25) is 0 Å². The molecule has 0 fully saturated rings. The number of rotatable bonds is 1. The van der Waals surface area contributed by atoms with Crippen molar-refractivity contribution in [3.8, 4) is 17.2 Å². The molecule has 0 amide bonds. The van der Waals surface area contributed by atoms with E-state index >= 15 is 0 Å². The highest BCUT2D eigenvalue weighted by Crippen LogP contribution is 2.64. The molecule has 0 atom stereocenters. The van der Waals surface area contributed by atoms with Gasteiger partial charge in [0.1, 0.15) is 0 Å². The van der Waals surface area contributed by atoms with E-state index in [0.717, 1.165) is 22.3 Å². The molecule has 0 saturated heterocycles. The van der Waals surface area contributed by atoms with Gasteiger partial charge in [-0.15, -0.1) is 0 Å². The fourth-order valence-corrected chi connectivity index (χ4v) is 12.7. The standard InChI is InChI=1S/C54H33N3/c1-53-38-20-10-12-22-40(38)54(2,41-23-13-11-21-39(41)53)52-50(53)48-37-25-30(29-14-4-3-5-15-29)24-36-47-42(57(51(36)37)43(48)28-56-52)26-31(27-55)44-45-32-16-6-8-18-34(32)46(49(44)47)35-19-9-7-17-33(35)45/h3-26,28,45-46H,1-2H3. The molecular weight excluding hydrogens is 691 g/mol. The third kappa shape index (κ3) is 3.19. The Morgan fingerprint density at radius 3 is 1.63 bits per heavy atom. The van der Waals surface area contributed by atoms with Gasteiger partial charge in [0.05, 0.1) is 45.5 Å². The lowest BCUT2D eigenvalue weighted by Gasteiger charge is -2.53. The van der Waals surface area contributed by atoms with Crippen molar-refractivity contribution in [2.45, 2.75) is 36.5 Å². The molecule has 0 unspecified atom stereocenters. The molecule has 264 valence electrons. The number of hydrogen-bond acceptors (Lipinski definition) is 2. The fourth-order valence-electron chi connectivity index (χ4n) is 12.7. The van der Waals surface area contributed by atoms with E-state index in [1.807, 2.05) is 0 Å². The van der Waals surface area contributed by atoms with Crippen LogP contribution in [0.25, 0.3) is 49.2 Å². The first-order chi connectivity index (χ1) is 28.0. The van der Waals surface area contributed by atoms with E-state index in [2.05, 4.69) is 176 Å². The lowest BCUT2D eigenvalue weighted by atomic mass is 9.49. The van der Waals surface area contributed by atoms with Crippen LogP contribution < -0.4 is 0 Å². The van der Waals surface area contributed by atoms with Crippen LogP contribution in [0.3, 0.4) is 0 Å². The smallest absolute Gasteiger partial charge is 0.0995 e. The first-order valence-electron chi connectivity index (χ1n) is 20.1. The van der Waals surface area contributed by atoms with Gasteiger partial charge in [0.15, 0.2) is 0 Å². The molecule has 10 aromatic rings. The molecule has 0 N–H and O–H groups in total. The average molecular weight is 724 g/mol. The average Bonchev–Trinajstić information content (AvgIpc) is 3.79. The Kier molecular flexibility index (Phi) is 5.23. The second-order valence-corrected chi connectivity index (χ2v) is 17.1. The van der Waals surface area contributed by atoms with Gasteiger partial charge in [-0.25, -0.2) is 0 Å². The first kappa shape index (κ1) is 30.2. The van der Waals surface area contributed by atoms with Gasteiger partial charge in [-0.05, 0) is 104 Å². The van der Waals surface area contributed by atoms with Gasteiger partial charge in [0.2, 0.25) is 0 Å². The SMILES string of the molecule is CC12c3ccccc3C(C)(c3ccccc31)c1c2ncc2c1c1cc(-c3ccccc3)cc3c4c5c(c(C#N)cc4n2c31)C1c2ccccc2C5c2ccccc21. The topological polar surface area (TPSA) is 41.1 Å². The minimum absolute atomic E-state index is 0.00641. The molecule has 16 rings (SSSR count). The maximum Gasteiger partial charge on any atom is 0.0995 e. The monoisotopic (exact) mass is 723 g/mol. The summed E-state index contributed by atoms with van der Waals surface area (Å²) >= 11 is 0. The van der Waals surface area contributed by atoms with E-state index in [4.69, 9.17) is 4.98 Å². The summed E-state index contributed by atoms with van der Waals surface area (Å²) in [6.45, 7) is 4.82.